The number of nitrogens with zero attached hydrogens (tertiary/aromatic N) is 5. The standard InChI is InChI=1S/C22H26FN5OS/c1-27(13-17-7-9-18(23)10-8-17)15-21-25-26-22(28(21)14-20-6-4-12-29-20)30-16-19-5-2-3-11-24-19/h2-3,5,7-11,20H,4,6,12-16H2,1H3/t20-/m1/s1. The highest BCUT2D eigenvalue weighted by atomic mass is 32.2. The van der Waals surface area contributed by atoms with Crippen molar-refractivity contribution in [2.24, 2.45) is 0 Å². The third-order valence-electron chi connectivity index (χ3n) is 5.06. The zero-order valence-corrected chi connectivity index (χ0v) is 17.9. The Balaban J connectivity index is 1.46. The van der Waals surface area contributed by atoms with Gasteiger partial charge in [-0.15, -0.1) is 10.2 Å². The first-order valence-corrected chi connectivity index (χ1v) is 11.2. The van der Waals surface area contributed by atoms with Gasteiger partial charge in [-0.1, -0.05) is 30.0 Å². The zero-order chi connectivity index (χ0) is 20.8. The molecule has 0 saturated carbocycles. The topological polar surface area (TPSA) is 56.1 Å². The molecule has 4 rings (SSSR count). The molecule has 2 aromatic heterocycles. The molecule has 1 atom stereocenters. The molecule has 0 amide bonds. The van der Waals surface area contributed by atoms with E-state index < -0.39 is 0 Å². The van der Waals surface area contributed by atoms with Gasteiger partial charge in [0.1, 0.15) is 11.6 Å². The minimum absolute atomic E-state index is 0.205. The van der Waals surface area contributed by atoms with Crippen LogP contribution in [0, 0.1) is 5.82 Å². The van der Waals surface area contributed by atoms with E-state index in [9.17, 15) is 4.39 Å². The average molecular weight is 428 g/mol. The van der Waals surface area contributed by atoms with Crippen LogP contribution in [0.3, 0.4) is 0 Å². The first-order chi connectivity index (χ1) is 14.7. The van der Waals surface area contributed by atoms with E-state index in [4.69, 9.17) is 4.74 Å². The minimum Gasteiger partial charge on any atom is -0.376 e. The number of pyridine rings is 1. The van der Waals surface area contributed by atoms with Crippen molar-refractivity contribution in [3.05, 3.63) is 71.6 Å². The molecule has 1 aliphatic rings. The SMILES string of the molecule is CN(Cc1ccc(F)cc1)Cc1nnc(SCc2ccccn2)n1C[C@H]1CCCO1. The molecule has 0 radical (unpaired) electrons. The van der Waals surface area contributed by atoms with Gasteiger partial charge in [0.25, 0.3) is 0 Å². The molecule has 1 aromatic carbocycles. The first kappa shape index (κ1) is 21.0. The van der Waals surface area contributed by atoms with E-state index in [1.54, 1.807) is 11.8 Å². The Labute approximate surface area is 180 Å². The molecule has 0 bridgehead atoms. The molecule has 1 saturated heterocycles. The van der Waals surface area contributed by atoms with Gasteiger partial charge in [0.2, 0.25) is 0 Å². The molecule has 1 aliphatic heterocycles. The summed E-state index contributed by atoms with van der Waals surface area (Å²) in [5.41, 5.74) is 2.08. The molecule has 0 N–H and O–H groups in total. The lowest BCUT2D eigenvalue weighted by Crippen LogP contribution is -2.23. The van der Waals surface area contributed by atoms with Crippen molar-refractivity contribution in [2.75, 3.05) is 13.7 Å². The molecule has 30 heavy (non-hydrogen) atoms. The van der Waals surface area contributed by atoms with E-state index in [2.05, 4.69) is 24.6 Å². The van der Waals surface area contributed by atoms with Gasteiger partial charge in [-0.3, -0.25) is 9.88 Å². The summed E-state index contributed by atoms with van der Waals surface area (Å²) in [5.74, 6) is 1.45. The fraction of sp³-hybridized carbons (Fsp3) is 0.409. The molecule has 1 fully saturated rings. The zero-order valence-electron chi connectivity index (χ0n) is 17.1. The smallest absolute Gasteiger partial charge is 0.191 e. The highest BCUT2D eigenvalue weighted by molar-refractivity contribution is 7.98. The number of rotatable bonds is 9. The van der Waals surface area contributed by atoms with Crippen LogP contribution in [0.2, 0.25) is 0 Å². The number of thioether (sulfide) groups is 1. The van der Waals surface area contributed by atoms with Crippen molar-refractivity contribution in [3.8, 4) is 0 Å². The molecular formula is C22H26FN5OS. The summed E-state index contributed by atoms with van der Waals surface area (Å²) in [6.07, 6.45) is 4.18. The van der Waals surface area contributed by atoms with Crippen LogP contribution in [-0.4, -0.2) is 44.4 Å². The predicted molar refractivity (Wildman–Crippen MR) is 114 cm³/mol. The maximum atomic E-state index is 13.2. The van der Waals surface area contributed by atoms with Crippen LogP contribution in [0.1, 0.15) is 29.9 Å². The van der Waals surface area contributed by atoms with E-state index in [-0.39, 0.29) is 11.9 Å². The van der Waals surface area contributed by atoms with Gasteiger partial charge < -0.3 is 9.30 Å². The predicted octanol–water partition coefficient (Wildman–Crippen LogP) is 3.92. The molecule has 0 aliphatic carbocycles. The Morgan fingerprint density at radius 3 is 2.77 bits per heavy atom. The van der Waals surface area contributed by atoms with Gasteiger partial charge >= 0.3 is 0 Å². The first-order valence-electron chi connectivity index (χ1n) is 10.2. The summed E-state index contributed by atoms with van der Waals surface area (Å²) in [5, 5.41) is 9.83. The van der Waals surface area contributed by atoms with Crippen LogP contribution in [0.4, 0.5) is 4.39 Å². The van der Waals surface area contributed by atoms with E-state index in [0.29, 0.717) is 13.1 Å². The lowest BCUT2D eigenvalue weighted by atomic mass is 10.2. The van der Waals surface area contributed by atoms with Crippen molar-refractivity contribution in [1.82, 2.24) is 24.6 Å². The van der Waals surface area contributed by atoms with Gasteiger partial charge in [0.15, 0.2) is 5.16 Å². The lowest BCUT2D eigenvalue weighted by molar-refractivity contribution is 0.0934. The van der Waals surface area contributed by atoms with Crippen LogP contribution >= 0.6 is 11.8 Å². The molecule has 3 heterocycles. The van der Waals surface area contributed by atoms with Crippen molar-refractivity contribution >= 4 is 11.8 Å². The summed E-state index contributed by atoms with van der Waals surface area (Å²) in [6, 6.07) is 12.6. The average Bonchev–Trinajstić information content (AvgIpc) is 3.40. The largest absolute Gasteiger partial charge is 0.376 e. The van der Waals surface area contributed by atoms with E-state index in [1.165, 1.54) is 12.1 Å². The van der Waals surface area contributed by atoms with Gasteiger partial charge in [0, 0.05) is 25.1 Å². The second kappa shape index (κ2) is 10.1. The second-order valence-corrected chi connectivity index (χ2v) is 8.50. The number of hydrogen-bond acceptors (Lipinski definition) is 6. The van der Waals surface area contributed by atoms with Crippen LogP contribution in [0.15, 0.2) is 53.8 Å². The third-order valence-corrected chi connectivity index (χ3v) is 6.06. The van der Waals surface area contributed by atoms with Crippen LogP contribution in [0.25, 0.3) is 0 Å². The van der Waals surface area contributed by atoms with E-state index in [0.717, 1.165) is 54.0 Å². The third kappa shape index (κ3) is 5.65. The highest BCUT2D eigenvalue weighted by Gasteiger charge is 2.21. The van der Waals surface area contributed by atoms with E-state index >= 15 is 0 Å². The normalized spacial score (nSPS) is 16.4. The van der Waals surface area contributed by atoms with Crippen molar-refractivity contribution in [1.29, 1.82) is 0 Å². The van der Waals surface area contributed by atoms with Gasteiger partial charge in [0.05, 0.1) is 24.9 Å². The van der Waals surface area contributed by atoms with E-state index in [1.807, 2.05) is 43.6 Å². The fourth-order valence-electron chi connectivity index (χ4n) is 3.54. The minimum atomic E-state index is -0.215. The summed E-state index contributed by atoms with van der Waals surface area (Å²) >= 11 is 1.65. The number of halogens is 1. The maximum Gasteiger partial charge on any atom is 0.191 e. The Kier molecular flexibility index (Phi) is 7.09. The highest BCUT2D eigenvalue weighted by Crippen LogP contribution is 2.24. The van der Waals surface area contributed by atoms with Crippen molar-refractivity contribution in [2.45, 2.75) is 49.5 Å². The Hall–Kier alpha value is -2.29. The molecule has 8 heteroatoms. The Bertz CT molecular complexity index is 928. The summed E-state index contributed by atoms with van der Waals surface area (Å²) in [6.45, 7) is 2.95. The Morgan fingerprint density at radius 2 is 2.03 bits per heavy atom. The number of ether oxygens (including phenoxy) is 1. The molecule has 158 valence electrons. The number of benzene rings is 1. The van der Waals surface area contributed by atoms with Crippen LogP contribution in [-0.2, 0) is 30.1 Å². The molecule has 3 aromatic rings. The monoisotopic (exact) mass is 427 g/mol. The summed E-state index contributed by atoms with van der Waals surface area (Å²) in [4.78, 5) is 6.56. The number of hydrogen-bond donors (Lipinski definition) is 0. The second-order valence-electron chi connectivity index (χ2n) is 7.55. The maximum absolute atomic E-state index is 13.2. The summed E-state index contributed by atoms with van der Waals surface area (Å²) in [7, 11) is 2.04. The van der Waals surface area contributed by atoms with Gasteiger partial charge in [-0.05, 0) is 49.7 Å². The molecule has 0 spiro atoms. The van der Waals surface area contributed by atoms with Crippen LogP contribution < -0.4 is 0 Å². The summed E-state index contributed by atoms with van der Waals surface area (Å²) < 4.78 is 21.2. The van der Waals surface area contributed by atoms with Crippen LogP contribution in [0.5, 0.6) is 0 Å². The Morgan fingerprint density at radius 1 is 1.17 bits per heavy atom. The van der Waals surface area contributed by atoms with Crippen molar-refractivity contribution < 1.29 is 9.13 Å². The van der Waals surface area contributed by atoms with Crippen molar-refractivity contribution in [3.63, 3.8) is 0 Å². The van der Waals surface area contributed by atoms with Gasteiger partial charge in [-0.25, -0.2) is 4.39 Å². The molecule has 6 nitrogen and oxygen atoms in total. The van der Waals surface area contributed by atoms with Gasteiger partial charge in [-0.2, -0.15) is 0 Å². The molecule has 0 unspecified atom stereocenters. The quantitative estimate of drug-likeness (QED) is 0.483. The molecular weight excluding hydrogens is 401 g/mol. The lowest BCUT2D eigenvalue weighted by Gasteiger charge is -2.19. The fourth-order valence-corrected chi connectivity index (χ4v) is 4.42. The number of aromatic nitrogens is 4.